The lowest BCUT2D eigenvalue weighted by molar-refractivity contribution is -0.137. The first-order valence-electron chi connectivity index (χ1n) is 43.9. The summed E-state index contributed by atoms with van der Waals surface area (Å²) < 4.78 is 10.3. The first kappa shape index (κ1) is 76.8. The second-order valence-corrected chi connectivity index (χ2v) is 35.4. The van der Waals surface area contributed by atoms with Gasteiger partial charge in [0, 0.05) is 34.3 Å². The Kier molecular flexibility index (Phi) is 22.1. The van der Waals surface area contributed by atoms with Crippen molar-refractivity contribution in [3.05, 3.63) is 297 Å². The Bertz CT molecular complexity index is 5590. The molecule has 5 aliphatic rings. The summed E-state index contributed by atoms with van der Waals surface area (Å²) in [5, 5.41) is 9.07. The quantitative estimate of drug-likeness (QED) is 0.0318. The lowest BCUT2D eigenvalue weighted by atomic mass is 9.69. The molecule has 0 aliphatic heterocycles. The van der Waals surface area contributed by atoms with Crippen molar-refractivity contribution >= 4 is 28.7 Å². The fourth-order valence-electron chi connectivity index (χ4n) is 21.7. The van der Waals surface area contributed by atoms with Crippen molar-refractivity contribution in [2.75, 3.05) is 0 Å². The highest BCUT2D eigenvalue weighted by Gasteiger charge is 2.53. The fourth-order valence-corrected chi connectivity index (χ4v) is 22.3. The normalized spacial score (nSPS) is 15.6. The van der Waals surface area contributed by atoms with E-state index in [1.807, 2.05) is 0 Å². The van der Waals surface area contributed by atoms with Gasteiger partial charge in [0.1, 0.15) is 11.0 Å². The minimum absolute atomic E-state index is 0.155. The molecule has 17 rings (SSSR count). The predicted octanol–water partition coefficient (Wildman–Crippen LogP) is 31.0. The lowest BCUT2D eigenvalue weighted by Gasteiger charge is -2.34. The third kappa shape index (κ3) is 13.7. The van der Waals surface area contributed by atoms with Crippen molar-refractivity contribution in [3.8, 4) is 100 Å². The van der Waals surface area contributed by atoms with Crippen molar-refractivity contribution < 1.29 is 9.90 Å². The highest BCUT2D eigenvalue weighted by molar-refractivity contribution is 7.00. The predicted molar refractivity (Wildman–Crippen MR) is 483 cm³/mol. The molecule has 11 aromatic carbocycles. The van der Waals surface area contributed by atoms with Crippen molar-refractivity contribution in [1.82, 2.24) is 8.75 Å². The van der Waals surface area contributed by atoms with E-state index in [9.17, 15) is 4.79 Å². The van der Waals surface area contributed by atoms with E-state index in [4.69, 9.17) is 20.4 Å². The molecule has 5 heteroatoms. The summed E-state index contributed by atoms with van der Waals surface area (Å²) >= 11 is 1.32. The molecule has 2 atom stereocenters. The summed E-state index contributed by atoms with van der Waals surface area (Å²) in [7, 11) is 0. The number of rotatable bonds is 35. The summed E-state index contributed by atoms with van der Waals surface area (Å²) in [5.74, 6) is -0.344. The van der Waals surface area contributed by atoms with Crippen LogP contribution in [0.5, 0.6) is 0 Å². The van der Waals surface area contributed by atoms with E-state index < -0.39 is 16.8 Å². The minimum Gasteiger partial charge on any atom is -0.481 e. The number of allylic oxidation sites excluding steroid dienone is 2. The van der Waals surface area contributed by atoms with Gasteiger partial charge in [0.25, 0.3) is 0 Å². The molecule has 114 heavy (non-hydrogen) atoms. The molecule has 1 aromatic heterocycles. The number of hydrogen-bond acceptors (Lipinski definition) is 4. The number of nitrogens with zero attached hydrogens (tertiary/aromatic N) is 2. The third-order valence-electron chi connectivity index (χ3n) is 27.5. The molecule has 4 nitrogen and oxygen atoms in total. The monoisotopic (exact) mass is 1510 g/mol. The number of fused-ring (bicyclic) bond motifs is 20. The lowest BCUT2D eigenvalue weighted by Crippen LogP contribution is -2.26. The van der Waals surface area contributed by atoms with Gasteiger partial charge in [0.05, 0.1) is 17.1 Å². The first-order chi connectivity index (χ1) is 55.8. The van der Waals surface area contributed by atoms with Gasteiger partial charge in [-0.05, 0) is 254 Å². The van der Waals surface area contributed by atoms with Gasteiger partial charge in [-0.25, -0.2) is 0 Å². The van der Waals surface area contributed by atoms with Crippen LogP contribution in [0, 0.1) is 27.7 Å². The maximum absolute atomic E-state index is 11.0. The zero-order valence-corrected chi connectivity index (χ0v) is 69.4. The average molecular weight is 1520 g/mol. The number of aryl methyl sites for hydroxylation is 4. The molecule has 0 radical (unpaired) electrons. The number of carboxylic acid groups (broad SMARTS) is 1. The van der Waals surface area contributed by atoms with Crippen LogP contribution >= 0.6 is 11.7 Å². The van der Waals surface area contributed by atoms with Gasteiger partial charge in [-0.15, -0.1) is 13.2 Å². The fraction of sp³-hybridized carbons (Fsp3) is 0.349. The Labute approximate surface area is 683 Å². The number of hydrogen-bond donors (Lipinski definition) is 1. The highest BCUT2D eigenvalue weighted by atomic mass is 32.1. The zero-order valence-electron chi connectivity index (χ0n) is 68.6. The number of carboxylic acids is 1. The van der Waals surface area contributed by atoms with E-state index in [1.54, 1.807) is 0 Å². The van der Waals surface area contributed by atoms with Crippen LogP contribution in [0.4, 0.5) is 0 Å². The molecule has 2 unspecified atom stereocenters. The molecule has 5 aliphatic carbocycles. The average Bonchev–Trinajstić information content (AvgIpc) is 1.50. The molecule has 0 saturated heterocycles. The molecule has 0 saturated carbocycles. The Morgan fingerprint density at radius 2 is 0.702 bits per heavy atom. The van der Waals surface area contributed by atoms with Crippen molar-refractivity contribution in [3.63, 3.8) is 0 Å². The number of carbonyl (C=O) groups is 1. The molecule has 1 spiro atoms. The van der Waals surface area contributed by atoms with Gasteiger partial charge < -0.3 is 5.11 Å². The van der Waals surface area contributed by atoms with Crippen LogP contribution in [0.25, 0.3) is 111 Å². The summed E-state index contributed by atoms with van der Waals surface area (Å²) in [6, 6.07) is 78.1. The smallest absolute Gasteiger partial charge is 0.303 e. The van der Waals surface area contributed by atoms with E-state index in [2.05, 4.69) is 254 Å². The SMILES string of the molecule is C=CCCCCC1(C=C)c2cc(-c3ccc4c(c3)C(CCCCCCCC)(CCCCCCCC)c3cc(-c5ccc6c(c5)C5(c7cc(C)ccc7-c7ccc(C)cc75)c5cc(C)ccc5-6)ccc3-4)ccc2-c2ccc(-c3ccc(-c4ccc5c(c4)C(CCCCCCCCCCC(=O)O)c4cc(C)ccc4-5)c4nsnc34)cc21. The van der Waals surface area contributed by atoms with Crippen LogP contribution in [0.15, 0.2) is 219 Å². The Morgan fingerprint density at radius 1 is 0.360 bits per heavy atom. The largest absolute Gasteiger partial charge is 0.481 e. The van der Waals surface area contributed by atoms with Crippen LogP contribution in [-0.4, -0.2) is 19.8 Å². The molecule has 0 amide bonds. The van der Waals surface area contributed by atoms with Crippen molar-refractivity contribution in [2.24, 2.45) is 0 Å². The number of unbranched alkanes of at least 4 members (excludes halogenated alkanes) is 19. The molecule has 1 N–H and O–H groups in total. The Balaban J connectivity index is 0.717. The maximum Gasteiger partial charge on any atom is 0.303 e. The second kappa shape index (κ2) is 32.8. The van der Waals surface area contributed by atoms with E-state index in [0.29, 0.717) is 5.92 Å². The topological polar surface area (TPSA) is 63.1 Å². The molecular formula is C109H114N2O2S. The van der Waals surface area contributed by atoms with Gasteiger partial charge in [0.2, 0.25) is 0 Å². The molecular weight excluding hydrogens is 1400 g/mol. The van der Waals surface area contributed by atoms with Crippen LogP contribution in [0.2, 0.25) is 0 Å². The van der Waals surface area contributed by atoms with Crippen LogP contribution < -0.4 is 0 Å². The molecule has 0 fully saturated rings. The molecule has 1 heterocycles. The van der Waals surface area contributed by atoms with Gasteiger partial charge in [-0.1, -0.05) is 334 Å². The van der Waals surface area contributed by atoms with Crippen molar-refractivity contribution in [1.29, 1.82) is 0 Å². The van der Waals surface area contributed by atoms with E-state index in [-0.39, 0.29) is 11.8 Å². The zero-order chi connectivity index (χ0) is 78.2. The molecule has 0 bridgehead atoms. The number of aromatic nitrogens is 2. The standard InChI is InChI=1S/C109H114N2O2S/c1-9-13-16-19-27-32-59-108(60-33-28-20-17-14-10-2)98-67-76(41-52-88(98)89-53-42-77(68-99(89)108)78-43-54-93-92-49-39-74(8)64-102(92)109(103(93)69-78)100-62-72(6)37-47-90(100)91-48-38-73(7)63-101(91)109)75-40-51-86-87-55-45-80(70-97(87)107(12-4,96(86)66-75)58-31-18-15-11-3)82-57-56-81(105-106(82)111-114-110-105)79-44-50-85-84-46-36-71(5)61-94(84)83(95(85)65-79)34-29-25-23-21-22-24-26-30-35-104(112)113/h11-12,36-57,61-70,83H,3-4,9-10,13-35,58-60H2,1-2,5-8H3,(H,112,113). The minimum atomic E-state index is -0.685. The van der Waals surface area contributed by atoms with Gasteiger partial charge >= 0.3 is 5.97 Å². The summed E-state index contributed by atoms with van der Waals surface area (Å²) in [5.41, 5.74) is 43.7. The number of aliphatic carboxylic acids is 1. The molecule has 12 aromatic rings. The maximum atomic E-state index is 11.0. The van der Waals surface area contributed by atoms with E-state index in [0.717, 1.165) is 91.9 Å². The summed E-state index contributed by atoms with van der Waals surface area (Å²) in [6.07, 6.45) is 36.3. The Morgan fingerprint density at radius 3 is 1.18 bits per heavy atom. The van der Waals surface area contributed by atoms with E-state index >= 15 is 0 Å². The first-order valence-corrected chi connectivity index (χ1v) is 44.6. The Hall–Kier alpha value is -9.81. The third-order valence-corrected chi connectivity index (χ3v) is 28.0. The van der Waals surface area contributed by atoms with Crippen LogP contribution in [-0.2, 0) is 21.0 Å². The van der Waals surface area contributed by atoms with Gasteiger partial charge in [-0.2, -0.15) is 8.75 Å². The number of benzene rings is 11. The highest BCUT2D eigenvalue weighted by Crippen LogP contribution is 2.65. The summed E-state index contributed by atoms with van der Waals surface area (Å²) in [4.78, 5) is 11.0. The van der Waals surface area contributed by atoms with Crippen LogP contribution in [0.1, 0.15) is 277 Å². The van der Waals surface area contributed by atoms with Crippen molar-refractivity contribution in [2.45, 2.75) is 243 Å². The van der Waals surface area contributed by atoms with E-state index in [1.165, 1.54) is 282 Å². The second-order valence-electron chi connectivity index (χ2n) is 34.9. The van der Waals surface area contributed by atoms with Crippen LogP contribution in [0.3, 0.4) is 0 Å². The van der Waals surface area contributed by atoms with Gasteiger partial charge in [-0.3, -0.25) is 4.79 Å². The molecule has 578 valence electrons. The van der Waals surface area contributed by atoms with Gasteiger partial charge in [0.15, 0.2) is 0 Å². The summed E-state index contributed by atoms with van der Waals surface area (Å²) in [6.45, 7) is 22.7.